The largest absolute Gasteiger partial charge is 0.397 e. The third-order valence-electron chi connectivity index (χ3n) is 6.26. The van der Waals surface area contributed by atoms with Gasteiger partial charge in [0.05, 0.1) is 19.3 Å². The van der Waals surface area contributed by atoms with Crippen LogP contribution in [0.4, 0.5) is 0 Å². The predicted octanol–water partition coefficient (Wildman–Crippen LogP) is -6.72. The average molecular weight is 569 g/mol. The van der Waals surface area contributed by atoms with Crippen molar-refractivity contribution in [2.45, 2.75) is 99.0 Å². The van der Waals surface area contributed by atoms with Crippen LogP contribution in [0, 0.1) is 0 Å². The number of hydrogen-bond donors (Lipinski definition) is 10. The van der Waals surface area contributed by atoms with Gasteiger partial charge in [-0.25, -0.2) is 4.18 Å². The number of hydrogen-bond acceptors (Lipinski definition) is 17. The molecule has 0 bridgehead atoms. The molecule has 3 aliphatic heterocycles. The van der Waals surface area contributed by atoms with Gasteiger partial charge in [0.2, 0.25) is 0 Å². The monoisotopic (exact) mass is 568 g/mol. The highest BCUT2D eigenvalue weighted by Crippen LogP contribution is 2.33. The summed E-state index contributed by atoms with van der Waals surface area (Å²) in [6, 6.07) is 0. The Morgan fingerprint density at radius 1 is 0.649 bits per heavy atom. The lowest BCUT2D eigenvalue weighted by Crippen LogP contribution is -2.67. The lowest BCUT2D eigenvalue weighted by atomic mass is 9.96. The summed E-state index contributed by atoms with van der Waals surface area (Å²) in [4.78, 5) is 0. The second-order valence-corrected chi connectivity index (χ2v) is 9.86. The van der Waals surface area contributed by atoms with E-state index in [0.29, 0.717) is 0 Å². The Bertz CT molecular complexity index is 845. The van der Waals surface area contributed by atoms with E-state index in [0.717, 1.165) is 0 Å². The fraction of sp³-hybridized carbons (Fsp3) is 1.00. The van der Waals surface area contributed by atoms with E-state index in [4.69, 9.17) is 28.2 Å². The highest BCUT2D eigenvalue weighted by molar-refractivity contribution is 7.80. The molecule has 0 aromatic heterocycles. The molecule has 0 radical (unpaired) electrons. The third kappa shape index (κ3) is 6.73. The van der Waals surface area contributed by atoms with Gasteiger partial charge in [-0.3, -0.25) is 4.55 Å². The molecule has 3 rings (SSSR count). The van der Waals surface area contributed by atoms with Crippen molar-refractivity contribution in [2.24, 2.45) is 0 Å². The van der Waals surface area contributed by atoms with Crippen molar-refractivity contribution in [2.75, 3.05) is 13.2 Å². The second kappa shape index (κ2) is 12.2. The fourth-order valence-corrected chi connectivity index (χ4v) is 4.74. The first kappa shape index (κ1) is 30.8. The Labute approximate surface area is 210 Å². The van der Waals surface area contributed by atoms with Crippen LogP contribution in [0.3, 0.4) is 0 Å². The van der Waals surface area contributed by atoms with Crippen LogP contribution < -0.4 is 0 Å². The zero-order valence-electron chi connectivity index (χ0n) is 19.2. The maximum absolute atomic E-state index is 11.2. The van der Waals surface area contributed by atoms with Crippen LogP contribution in [0.1, 0.15) is 6.92 Å². The molecule has 0 saturated carbocycles. The van der Waals surface area contributed by atoms with Gasteiger partial charge in [-0.05, 0) is 6.92 Å². The Kier molecular flexibility index (Phi) is 10.2. The average Bonchev–Trinajstić information content (AvgIpc) is 2.83. The van der Waals surface area contributed by atoms with E-state index >= 15 is 0 Å². The Morgan fingerprint density at radius 3 is 1.78 bits per heavy atom. The molecule has 0 aromatic carbocycles. The summed E-state index contributed by atoms with van der Waals surface area (Å²) in [7, 11) is -5.22. The van der Waals surface area contributed by atoms with E-state index < -0.39 is 116 Å². The van der Waals surface area contributed by atoms with Gasteiger partial charge < -0.3 is 69.6 Å². The minimum absolute atomic E-state index is 0.889. The molecule has 2 unspecified atom stereocenters. The first-order valence-electron chi connectivity index (χ1n) is 11.1. The quantitative estimate of drug-likeness (QED) is 0.122. The molecule has 0 aliphatic carbocycles. The number of rotatable bonds is 8. The van der Waals surface area contributed by atoms with Gasteiger partial charge in [-0.15, -0.1) is 0 Å². The van der Waals surface area contributed by atoms with Gasteiger partial charge in [0.1, 0.15) is 67.1 Å². The minimum Gasteiger partial charge on any atom is -0.394 e. The molecule has 0 aromatic rings. The fourth-order valence-electron chi connectivity index (χ4n) is 4.23. The van der Waals surface area contributed by atoms with E-state index in [9.17, 15) is 54.4 Å². The van der Waals surface area contributed by atoms with Crippen LogP contribution >= 0.6 is 0 Å². The van der Waals surface area contributed by atoms with Crippen LogP contribution in [-0.4, -0.2) is 164 Å². The van der Waals surface area contributed by atoms with E-state index in [-0.39, 0.29) is 0 Å². The van der Waals surface area contributed by atoms with Crippen molar-refractivity contribution < 1.29 is 86.8 Å². The maximum Gasteiger partial charge on any atom is 0.397 e. The van der Waals surface area contributed by atoms with Gasteiger partial charge in [0.15, 0.2) is 18.9 Å². The van der Waals surface area contributed by atoms with E-state index in [1.807, 2.05) is 0 Å². The molecule has 10 N–H and O–H groups in total. The zero-order valence-corrected chi connectivity index (χ0v) is 20.0. The lowest BCUT2D eigenvalue weighted by Gasteiger charge is -2.48. The summed E-state index contributed by atoms with van der Waals surface area (Å²) in [5.74, 6) is 0. The van der Waals surface area contributed by atoms with Crippen LogP contribution in [0.5, 0.6) is 0 Å². The highest BCUT2D eigenvalue weighted by atomic mass is 32.3. The maximum atomic E-state index is 11.2. The first-order chi connectivity index (χ1) is 17.2. The van der Waals surface area contributed by atoms with Gasteiger partial charge in [-0.1, -0.05) is 0 Å². The van der Waals surface area contributed by atoms with Gasteiger partial charge in [-0.2, -0.15) is 8.42 Å². The van der Waals surface area contributed by atoms with E-state index in [2.05, 4.69) is 4.18 Å². The Morgan fingerprint density at radius 2 is 1.22 bits per heavy atom. The van der Waals surface area contributed by atoms with Crippen molar-refractivity contribution in [3.63, 3.8) is 0 Å². The Hall–Kier alpha value is -0.690. The molecule has 37 heavy (non-hydrogen) atoms. The highest BCUT2D eigenvalue weighted by Gasteiger charge is 2.54. The van der Waals surface area contributed by atoms with E-state index in [1.54, 1.807) is 0 Å². The van der Waals surface area contributed by atoms with Gasteiger partial charge >= 0.3 is 10.4 Å². The summed E-state index contributed by atoms with van der Waals surface area (Å²) in [6.45, 7) is -0.483. The summed E-state index contributed by atoms with van der Waals surface area (Å²) in [5.41, 5.74) is 0. The number of ether oxygens (including phenoxy) is 5. The number of aliphatic hydroxyl groups excluding tert-OH is 9. The minimum atomic E-state index is -5.22. The summed E-state index contributed by atoms with van der Waals surface area (Å²) < 4.78 is 62.5. The summed E-state index contributed by atoms with van der Waals surface area (Å²) >= 11 is 0. The normalized spacial score (nSPS) is 49.6. The van der Waals surface area contributed by atoms with Crippen LogP contribution in [-0.2, 0) is 38.3 Å². The summed E-state index contributed by atoms with van der Waals surface area (Å²) in [5, 5.41) is 90.8. The molecule has 0 spiro atoms. The SMILES string of the molecule is C[C@@H]1O[C@@H](O[C@H]2[C@H](O[C@@H]3O[C@H](CO)[C@H](O)C(OS(=O)(=O)O)[C@H]3O)[C@@H](CO)OC(O)[C@@H]2O)[C@@H](O)[C@H](O)[C@@H]1O. The molecule has 218 valence electrons. The molecule has 15 atom stereocenters. The smallest absolute Gasteiger partial charge is 0.394 e. The standard InChI is InChI=1S/C18H32O18S/c1-4-7(21)9(23)10(24)17(31-4)35-15-11(25)16(27)32-6(3-20)13(15)34-18-12(26)14(36-37(28,29)30)8(22)5(2-19)33-18/h4-27H,2-3H2,1H3,(H,28,29,30)/t4-,5+,6+,7+,8-,9+,10-,11+,12+,13+,14?,15+,16?,17-,18-/m0/s1. The van der Waals surface area contributed by atoms with Crippen LogP contribution in [0.15, 0.2) is 0 Å². The van der Waals surface area contributed by atoms with Crippen molar-refractivity contribution in [3.05, 3.63) is 0 Å². The molecule has 18 nitrogen and oxygen atoms in total. The van der Waals surface area contributed by atoms with Crippen molar-refractivity contribution in [1.29, 1.82) is 0 Å². The van der Waals surface area contributed by atoms with Gasteiger partial charge in [0, 0.05) is 0 Å². The molecule has 0 amide bonds. The van der Waals surface area contributed by atoms with Crippen LogP contribution in [0.25, 0.3) is 0 Å². The molecule has 3 aliphatic rings. The first-order valence-corrected chi connectivity index (χ1v) is 12.5. The third-order valence-corrected chi connectivity index (χ3v) is 6.72. The molecular weight excluding hydrogens is 536 g/mol. The molecule has 3 fully saturated rings. The number of aliphatic hydroxyl groups is 9. The van der Waals surface area contributed by atoms with Crippen molar-refractivity contribution in [3.8, 4) is 0 Å². The van der Waals surface area contributed by atoms with E-state index in [1.165, 1.54) is 6.92 Å². The van der Waals surface area contributed by atoms with Gasteiger partial charge in [0.25, 0.3) is 0 Å². The zero-order chi connectivity index (χ0) is 27.8. The second-order valence-electron chi connectivity index (χ2n) is 8.82. The topological polar surface area (TPSA) is 292 Å². The van der Waals surface area contributed by atoms with Crippen molar-refractivity contribution in [1.82, 2.24) is 0 Å². The van der Waals surface area contributed by atoms with Crippen LogP contribution in [0.2, 0.25) is 0 Å². The predicted molar refractivity (Wildman–Crippen MR) is 110 cm³/mol. The van der Waals surface area contributed by atoms with Crippen molar-refractivity contribution >= 4 is 10.4 Å². The molecule has 19 heteroatoms. The Balaban J connectivity index is 1.88. The molecule has 3 heterocycles. The lowest BCUT2D eigenvalue weighted by molar-refractivity contribution is -0.381. The molecule has 3 saturated heterocycles. The summed E-state index contributed by atoms with van der Waals surface area (Å²) in [6.07, 6.45) is -26.6. The molecular formula is C18H32O18S.